The molecule has 0 aliphatic heterocycles. The Kier molecular flexibility index (Phi) is 4.41. The third-order valence-corrected chi connectivity index (χ3v) is 0.404. The van der Waals surface area contributed by atoms with Crippen LogP contribution in [0.4, 0.5) is 0 Å². The van der Waals surface area contributed by atoms with Crippen molar-refractivity contribution in [3.05, 3.63) is 24.9 Å². The number of nitrogens with zero attached hydrogens (tertiary/aromatic N) is 2. The zero-order valence-corrected chi connectivity index (χ0v) is 4.33. The highest BCUT2D eigenvalue weighted by Gasteiger charge is 1.52. The van der Waals surface area contributed by atoms with Gasteiger partial charge in [0.15, 0.2) is 0 Å². The van der Waals surface area contributed by atoms with Gasteiger partial charge in [-0.1, -0.05) is 12.7 Å². The molecule has 0 saturated heterocycles. The summed E-state index contributed by atoms with van der Waals surface area (Å²) < 4.78 is 0. The van der Waals surface area contributed by atoms with E-state index in [9.17, 15) is 0 Å². The predicted molar refractivity (Wildman–Crippen MR) is 30.1 cm³/mol. The summed E-state index contributed by atoms with van der Waals surface area (Å²) in [6.07, 6.45) is 4.94. The Labute approximate surface area is 43.3 Å². The van der Waals surface area contributed by atoms with Gasteiger partial charge < -0.3 is 0 Å². The highest BCUT2D eigenvalue weighted by Crippen LogP contribution is 1.74. The van der Waals surface area contributed by atoms with Crippen LogP contribution in [0.5, 0.6) is 0 Å². The molecule has 0 atom stereocenters. The van der Waals surface area contributed by atoms with Gasteiger partial charge in [-0.05, 0) is 6.08 Å². The Morgan fingerprint density at radius 3 is 2.71 bits per heavy atom. The molecule has 0 aromatic carbocycles. The normalized spacial score (nSPS) is 11.0. The summed E-state index contributed by atoms with van der Waals surface area (Å²) in [6.45, 7) is 3.44. The maximum atomic E-state index is 3.53. The van der Waals surface area contributed by atoms with Crippen molar-refractivity contribution in [1.82, 2.24) is 0 Å². The van der Waals surface area contributed by atoms with E-state index < -0.39 is 0 Å². The Hall–Kier alpha value is -0.920. The van der Waals surface area contributed by atoms with E-state index >= 15 is 0 Å². The molecular formula is C5H8N2. The average molecular weight is 96.1 g/mol. The van der Waals surface area contributed by atoms with E-state index in [1.54, 1.807) is 25.4 Å². The summed E-state index contributed by atoms with van der Waals surface area (Å²) in [5.74, 6) is 0. The Balaban J connectivity index is 3.27. The van der Waals surface area contributed by atoms with E-state index in [0.29, 0.717) is 0 Å². The van der Waals surface area contributed by atoms with Gasteiger partial charge in [-0.2, -0.15) is 10.2 Å². The summed E-state index contributed by atoms with van der Waals surface area (Å²) in [4.78, 5) is 0. The Morgan fingerprint density at radius 1 is 1.57 bits per heavy atom. The molecule has 0 unspecified atom stereocenters. The lowest BCUT2D eigenvalue weighted by atomic mass is 10.6. The van der Waals surface area contributed by atoms with Crippen LogP contribution in [0.2, 0.25) is 0 Å². The van der Waals surface area contributed by atoms with Gasteiger partial charge in [0.25, 0.3) is 0 Å². The van der Waals surface area contributed by atoms with Gasteiger partial charge in [0, 0.05) is 13.2 Å². The zero-order valence-electron chi connectivity index (χ0n) is 4.33. The van der Waals surface area contributed by atoms with Crippen molar-refractivity contribution in [2.45, 2.75) is 0 Å². The van der Waals surface area contributed by atoms with Gasteiger partial charge in [-0.3, -0.25) is 0 Å². The SMILES string of the molecule is C=C/C=C\N=NC. The first-order chi connectivity index (χ1) is 3.41. The molecule has 0 aromatic rings. The zero-order chi connectivity index (χ0) is 5.54. The quantitative estimate of drug-likeness (QED) is 0.369. The first kappa shape index (κ1) is 6.08. The van der Waals surface area contributed by atoms with Crippen molar-refractivity contribution < 1.29 is 0 Å². The Morgan fingerprint density at radius 2 is 2.29 bits per heavy atom. The number of rotatable bonds is 2. The van der Waals surface area contributed by atoms with Crippen LogP contribution < -0.4 is 0 Å². The highest BCUT2D eigenvalue weighted by molar-refractivity contribution is 4.95. The summed E-state index contributed by atoms with van der Waals surface area (Å²) in [5, 5.41) is 7.00. The number of allylic oxidation sites excluding steroid dienone is 2. The Bertz CT molecular complexity index is 92.3. The summed E-state index contributed by atoms with van der Waals surface area (Å²) >= 11 is 0. The lowest BCUT2D eigenvalue weighted by molar-refractivity contribution is 1.16. The molecular weight excluding hydrogens is 88.1 g/mol. The average Bonchev–Trinajstić information content (AvgIpc) is 1.69. The minimum atomic E-state index is 1.58. The summed E-state index contributed by atoms with van der Waals surface area (Å²) in [6, 6.07) is 0. The van der Waals surface area contributed by atoms with Crippen molar-refractivity contribution in [1.29, 1.82) is 0 Å². The molecule has 2 nitrogen and oxygen atoms in total. The van der Waals surface area contributed by atoms with Crippen LogP contribution in [-0.4, -0.2) is 7.05 Å². The minimum Gasteiger partial charge on any atom is -0.193 e. The van der Waals surface area contributed by atoms with Gasteiger partial charge in [0.2, 0.25) is 0 Å². The molecule has 0 heterocycles. The van der Waals surface area contributed by atoms with E-state index in [-0.39, 0.29) is 0 Å². The number of hydrogen-bond donors (Lipinski definition) is 0. The second-order valence-corrected chi connectivity index (χ2v) is 0.893. The molecule has 2 heteroatoms. The fourth-order valence-electron chi connectivity index (χ4n) is 0.166. The van der Waals surface area contributed by atoms with Crippen LogP contribution in [0.1, 0.15) is 0 Å². The van der Waals surface area contributed by atoms with Crippen LogP contribution in [0.15, 0.2) is 35.2 Å². The number of hydrogen-bond acceptors (Lipinski definition) is 2. The molecule has 0 spiro atoms. The maximum absolute atomic E-state index is 3.53. The summed E-state index contributed by atoms with van der Waals surface area (Å²) in [7, 11) is 1.62. The predicted octanol–water partition coefficient (Wildman–Crippen LogP) is 1.77. The van der Waals surface area contributed by atoms with Gasteiger partial charge in [0.05, 0.1) is 0 Å². The topological polar surface area (TPSA) is 24.7 Å². The molecule has 0 N–H and O–H groups in total. The van der Waals surface area contributed by atoms with Crippen LogP contribution in [-0.2, 0) is 0 Å². The van der Waals surface area contributed by atoms with E-state index in [4.69, 9.17) is 0 Å². The van der Waals surface area contributed by atoms with Crippen molar-refractivity contribution in [3.8, 4) is 0 Å². The molecule has 0 saturated carbocycles. The van der Waals surface area contributed by atoms with E-state index in [1.807, 2.05) is 0 Å². The minimum absolute atomic E-state index is 1.58. The summed E-state index contributed by atoms with van der Waals surface area (Å²) in [5.41, 5.74) is 0. The van der Waals surface area contributed by atoms with Gasteiger partial charge in [-0.25, -0.2) is 0 Å². The second kappa shape index (κ2) is 5.08. The molecule has 0 aliphatic carbocycles. The van der Waals surface area contributed by atoms with E-state index in [1.165, 1.54) is 0 Å². The smallest absolute Gasteiger partial charge is 0.0491 e. The maximum Gasteiger partial charge on any atom is 0.0491 e. The van der Waals surface area contributed by atoms with Crippen LogP contribution >= 0.6 is 0 Å². The molecule has 0 bridgehead atoms. The molecule has 0 rings (SSSR count). The lowest BCUT2D eigenvalue weighted by Gasteiger charge is -1.65. The third-order valence-electron chi connectivity index (χ3n) is 0.404. The first-order valence-electron chi connectivity index (χ1n) is 1.98. The largest absolute Gasteiger partial charge is 0.193 e. The fraction of sp³-hybridized carbons (Fsp3) is 0.200. The van der Waals surface area contributed by atoms with Crippen LogP contribution in [0, 0.1) is 0 Å². The molecule has 0 fully saturated rings. The molecule has 7 heavy (non-hydrogen) atoms. The third kappa shape index (κ3) is 5.08. The van der Waals surface area contributed by atoms with Crippen LogP contribution in [0.3, 0.4) is 0 Å². The second-order valence-electron chi connectivity index (χ2n) is 0.893. The first-order valence-corrected chi connectivity index (χ1v) is 1.98. The van der Waals surface area contributed by atoms with Crippen molar-refractivity contribution >= 4 is 0 Å². The molecule has 0 aliphatic rings. The standard InChI is InChI=1S/C5H8N2/c1-3-4-5-7-6-2/h3-5H,1H2,2H3/b5-4-,7-6?. The van der Waals surface area contributed by atoms with E-state index in [0.717, 1.165) is 0 Å². The van der Waals surface area contributed by atoms with Crippen molar-refractivity contribution in [2.24, 2.45) is 10.2 Å². The molecule has 38 valence electrons. The van der Waals surface area contributed by atoms with Gasteiger partial charge >= 0.3 is 0 Å². The highest BCUT2D eigenvalue weighted by atomic mass is 15.1. The van der Waals surface area contributed by atoms with Crippen molar-refractivity contribution in [2.75, 3.05) is 7.05 Å². The fourth-order valence-corrected chi connectivity index (χ4v) is 0.166. The van der Waals surface area contributed by atoms with Crippen LogP contribution in [0.25, 0.3) is 0 Å². The van der Waals surface area contributed by atoms with Gasteiger partial charge in [0.1, 0.15) is 0 Å². The van der Waals surface area contributed by atoms with E-state index in [2.05, 4.69) is 16.8 Å². The molecule has 0 radical (unpaired) electrons. The lowest BCUT2D eigenvalue weighted by Crippen LogP contribution is -1.44. The van der Waals surface area contributed by atoms with Gasteiger partial charge in [-0.15, -0.1) is 0 Å². The number of azo groups is 1. The molecule has 0 aromatic heterocycles. The monoisotopic (exact) mass is 96.1 g/mol. The van der Waals surface area contributed by atoms with Crippen molar-refractivity contribution in [3.63, 3.8) is 0 Å². The molecule has 0 amide bonds.